The van der Waals surface area contributed by atoms with Crippen LogP contribution in [0.3, 0.4) is 0 Å². The van der Waals surface area contributed by atoms with Crippen molar-refractivity contribution in [1.29, 1.82) is 5.26 Å². The fraction of sp³-hybridized carbons (Fsp3) is 0.345. The molecule has 1 heterocycles. The van der Waals surface area contributed by atoms with Crippen molar-refractivity contribution in [1.82, 2.24) is 15.1 Å². The molecule has 0 spiro atoms. The minimum atomic E-state index is -0.347. The van der Waals surface area contributed by atoms with E-state index in [1.165, 1.54) is 6.42 Å². The normalized spacial score (nSPS) is 14.3. The summed E-state index contributed by atoms with van der Waals surface area (Å²) in [6, 6.07) is 17.5. The molecule has 7 heteroatoms. The third-order valence-corrected chi connectivity index (χ3v) is 6.62. The van der Waals surface area contributed by atoms with Crippen LogP contribution in [0.15, 0.2) is 60.3 Å². The van der Waals surface area contributed by atoms with E-state index in [1.807, 2.05) is 54.7 Å². The second-order valence-corrected chi connectivity index (χ2v) is 9.45. The lowest BCUT2D eigenvalue weighted by atomic mass is 9.95. The number of para-hydroxylation sites is 1. The highest BCUT2D eigenvalue weighted by Crippen LogP contribution is 2.33. The molecule has 0 saturated heterocycles. The maximum absolute atomic E-state index is 12.9. The van der Waals surface area contributed by atoms with Crippen molar-refractivity contribution < 1.29 is 9.53 Å². The van der Waals surface area contributed by atoms with Gasteiger partial charge in [-0.05, 0) is 55.7 Å². The van der Waals surface area contributed by atoms with E-state index in [0.717, 1.165) is 49.8 Å². The predicted molar refractivity (Wildman–Crippen MR) is 143 cm³/mol. The standard InChI is InChI=1S/C29H31ClN4O2/c1-2-3-16-36-27-15-14-21(18-26(27)30)28-23(20-34(33-28)25-12-8-5-9-13-25)17-22(19-31)29(35)32-24-10-6-4-7-11-24/h5,8-9,12-15,17-18,20,24H,2-4,6-7,10-11,16H2,1H3,(H,32,35). The zero-order valence-corrected chi connectivity index (χ0v) is 21.3. The molecule has 1 fully saturated rings. The van der Waals surface area contributed by atoms with Gasteiger partial charge < -0.3 is 10.1 Å². The number of unbranched alkanes of at least 4 members (excludes halogenated alkanes) is 1. The number of carbonyl (C=O) groups excluding carboxylic acids is 1. The molecule has 1 aromatic heterocycles. The molecule has 0 bridgehead atoms. The number of nitriles is 1. The first-order valence-electron chi connectivity index (χ1n) is 12.6. The average Bonchev–Trinajstić information content (AvgIpc) is 3.33. The molecule has 0 unspecified atom stereocenters. The first-order valence-corrected chi connectivity index (χ1v) is 13.0. The summed E-state index contributed by atoms with van der Waals surface area (Å²) in [5, 5.41) is 18.1. The topological polar surface area (TPSA) is 79.9 Å². The SMILES string of the molecule is CCCCOc1ccc(-c2nn(-c3ccccc3)cc2C=C(C#N)C(=O)NC2CCCCC2)cc1Cl. The lowest BCUT2D eigenvalue weighted by molar-refractivity contribution is -0.117. The number of benzene rings is 2. The number of nitrogens with zero attached hydrogens (tertiary/aromatic N) is 3. The van der Waals surface area contributed by atoms with Crippen LogP contribution in [-0.4, -0.2) is 28.3 Å². The molecule has 1 N–H and O–H groups in total. The van der Waals surface area contributed by atoms with Crippen molar-refractivity contribution in [3.8, 4) is 28.8 Å². The third kappa shape index (κ3) is 6.35. The predicted octanol–water partition coefficient (Wildman–Crippen LogP) is 6.73. The van der Waals surface area contributed by atoms with Gasteiger partial charge in [0.25, 0.3) is 5.91 Å². The lowest BCUT2D eigenvalue weighted by Crippen LogP contribution is -2.36. The Morgan fingerprint density at radius 2 is 2.00 bits per heavy atom. The van der Waals surface area contributed by atoms with E-state index in [1.54, 1.807) is 10.8 Å². The van der Waals surface area contributed by atoms with Crippen LogP contribution >= 0.6 is 11.6 Å². The highest BCUT2D eigenvalue weighted by Gasteiger charge is 2.20. The van der Waals surface area contributed by atoms with Crippen molar-refractivity contribution in [2.24, 2.45) is 0 Å². The summed E-state index contributed by atoms with van der Waals surface area (Å²) in [6.07, 6.45) is 10.7. The van der Waals surface area contributed by atoms with E-state index < -0.39 is 0 Å². The van der Waals surface area contributed by atoms with Gasteiger partial charge in [-0.2, -0.15) is 10.4 Å². The Hall–Kier alpha value is -3.56. The maximum atomic E-state index is 12.9. The second-order valence-electron chi connectivity index (χ2n) is 9.04. The van der Waals surface area contributed by atoms with Gasteiger partial charge in [-0.1, -0.05) is 62.4 Å². The van der Waals surface area contributed by atoms with Crippen LogP contribution < -0.4 is 10.1 Å². The Kier molecular flexibility index (Phi) is 8.80. The highest BCUT2D eigenvalue weighted by molar-refractivity contribution is 6.32. The maximum Gasteiger partial charge on any atom is 0.262 e. The molecule has 6 nitrogen and oxygen atoms in total. The van der Waals surface area contributed by atoms with Gasteiger partial charge >= 0.3 is 0 Å². The van der Waals surface area contributed by atoms with Gasteiger partial charge in [0.2, 0.25) is 0 Å². The Labute approximate surface area is 217 Å². The van der Waals surface area contributed by atoms with Crippen LogP contribution in [-0.2, 0) is 4.79 Å². The second kappa shape index (κ2) is 12.4. The van der Waals surface area contributed by atoms with Gasteiger partial charge in [0.05, 0.1) is 17.3 Å². The average molecular weight is 503 g/mol. The Balaban J connectivity index is 1.68. The smallest absolute Gasteiger partial charge is 0.262 e. The molecule has 36 heavy (non-hydrogen) atoms. The van der Waals surface area contributed by atoms with Gasteiger partial charge in [-0.25, -0.2) is 4.68 Å². The van der Waals surface area contributed by atoms with E-state index in [-0.39, 0.29) is 17.5 Å². The molecule has 1 aliphatic carbocycles. The lowest BCUT2D eigenvalue weighted by Gasteiger charge is -2.22. The number of hydrogen-bond donors (Lipinski definition) is 1. The zero-order chi connectivity index (χ0) is 25.3. The Morgan fingerprint density at radius 3 is 2.69 bits per heavy atom. The van der Waals surface area contributed by atoms with Gasteiger partial charge in [0.15, 0.2) is 0 Å². The minimum Gasteiger partial charge on any atom is -0.492 e. The Bertz CT molecular complexity index is 1250. The highest BCUT2D eigenvalue weighted by atomic mass is 35.5. The van der Waals surface area contributed by atoms with Crippen molar-refractivity contribution in [2.45, 2.75) is 57.9 Å². The van der Waals surface area contributed by atoms with Gasteiger partial charge in [0.1, 0.15) is 23.1 Å². The number of hydrogen-bond acceptors (Lipinski definition) is 4. The van der Waals surface area contributed by atoms with E-state index in [0.29, 0.717) is 28.6 Å². The van der Waals surface area contributed by atoms with Crippen molar-refractivity contribution in [3.63, 3.8) is 0 Å². The van der Waals surface area contributed by atoms with E-state index in [4.69, 9.17) is 21.4 Å². The number of nitrogens with one attached hydrogen (secondary N) is 1. The zero-order valence-electron chi connectivity index (χ0n) is 20.5. The van der Waals surface area contributed by atoms with Crippen LogP contribution in [0.2, 0.25) is 5.02 Å². The van der Waals surface area contributed by atoms with Crippen molar-refractivity contribution in [2.75, 3.05) is 6.61 Å². The molecule has 186 valence electrons. The van der Waals surface area contributed by atoms with Gasteiger partial charge in [-0.3, -0.25) is 4.79 Å². The van der Waals surface area contributed by atoms with Crippen LogP contribution in [0.4, 0.5) is 0 Å². The summed E-state index contributed by atoms with van der Waals surface area (Å²) in [6.45, 7) is 2.71. The summed E-state index contributed by atoms with van der Waals surface area (Å²) < 4.78 is 7.54. The summed E-state index contributed by atoms with van der Waals surface area (Å²) >= 11 is 6.53. The summed E-state index contributed by atoms with van der Waals surface area (Å²) in [5.74, 6) is 0.276. The molecule has 0 atom stereocenters. The van der Waals surface area contributed by atoms with Crippen LogP contribution in [0.1, 0.15) is 57.4 Å². The fourth-order valence-electron chi connectivity index (χ4n) is 4.34. The molecule has 0 radical (unpaired) electrons. The van der Waals surface area contributed by atoms with E-state index in [9.17, 15) is 10.1 Å². The Morgan fingerprint density at radius 1 is 1.22 bits per heavy atom. The molecule has 1 saturated carbocycles. The molecule has 3 aromatic rings. The van der Waals surface area contributed by atoms with Crippen LogP contribution in [0.5, 0.6) is 5.75 Å². The fourth-order valence-corrected chi connectivity index (χ4v) is 4.57. The number of halogens is 1. The van der Waals surface area contributed by atoms with E-state index >= 15 is 0 Å². The molecular weight excluding hydrogens is 472 g/mol. The number of amides is 1. The molecule has 0 aliphatic heterocycles. The molecule has 2 aromatic carbocycles. The number of carbonyl (C=O) groups is 1. The van der Waals surface area contributed by atoms with Gasteiger partial charge in [0, 0.05) is 23.4 Å². The first-order chi connectivity index (χ1) is 17.6. The number of rotatable bonds is 9. The molecular formula is C29H31ClN4O2. The van der Waals surface area contributed by atoms with Crippen LogP contribution in [0.25, 0.3) is 23.0 Å². The molecule has 1 amide bonds. The van der Waals surface area contributed by atoms with Crippen molar-refractivity contribution in [3.05, 3.63) is 70.9 Å². The number of ether oxygens (including phenoxy) is 1. The van der Waals surface area contributed by atoms with Crippen LogP contribution in [0, 0.1) is 11.3 Å². The van der Waals surface area contributed by atoms with Gasteiger partial charge in [-0.15, -0.1) is 0 Å². The summed E-state index contributed by atoms with van der Waals surface area (Å²) in [5.41, 5.74) is 2.98. The number of aromatic nitrogens is 2. The summed E-state index contributed by atoms with van der Waals surface area (Å²) in [7, 11) is 0. The quantitative estimate of drug-likeness (QED) is 0.200. The van der Waals surface area contributed by atoms with Crippen molar-refractivity contribution >= 4 is 23.6 Å². The summed E-state index contributed by atoms with van der Waals surface area (Å²) in [4.78, 5) is 12.9. The molecule has 1 aliphatic rings. The first kappa shape index (κ1) is 25.5. The largest absolute Gasteiger partial charge is 0.492 e. The molecule has 4 rings (SSSR count). The monoisotopic (exact) mass is 502 g/mol. The van der Waals surface area contributed by atoms with E-state index in [2.05, 4.69) is 18.3 Å². The minimum absolute atomic E-state index is 0.0556. The third-order valence-electron chi connectivity index (χ3n) is 6.33.